The van der Waals surface area contributed by atoms with Crippen molar-refractivity contribution in [3.8, 4) is 0 Å². The van der Waals surface area contributed by atoms with Crippen molar-refractivity contribution in [2.24, 2.45) is 5.41 Å². The lowest BCUT2D eigenvalue weighted by Gasteiger charge is -2.22. The van der Waals surface area contributed by atoms with E-state index in [9.17, 15) is 9.59 Å². The third-order valence-corrected chi connectivity index (χ3v) is 3.06. The van der Waals surface area contributed by atoms with E-state index in [1.54, 1.807) is 4.90 Å². The average Bonchev–Trinajstić information content (AvgIpc) is 2.70. The number of carbonyl (C=O) groups is 2. The number of anilines is 1. The van der Waals surface area contributed by atoms with Gasteiger partial charge >= 0.3 is 6.03 Å². The lowest BCUT2D eigenvalue weighted by molar-refractivity contribution is -0.129. The topological polar surface area (TPSA) is 40.6 Å². The van der Waals surface area contributed by atoms with Crippen molar-refractivity contribution >= 4 is 17.6 Å². The zero-order chi connectivity index (χ0) is 14.0. The van der Waals surface area contributed by atoms with Gasteiger partial charge in [0.1, 0.15) is 0 Å². The van der Waals surface area contributed by atoms with Gasteiger partial charge in [-0.2, -0.15) is 0 Å². The van der Waals surface area contributed by atoms with Gasteiger partial charge in [-0.15, -0.1) is 0 Å². The maximum absolute atomic E-state index is 12.3. The molecule has 0 radical (unpaired) electrons. The number of carbonyl (C=O) groups excluding carboxylic acids is 2. The minimum atomic E-state index is -0.208. The normalized spacial score (nSPS) is 16.1. The standard InChI is InChI=1S/C15H20N2O2/c1-15(2,3)11-13(18)17-10-9-16(14(17)19)12-7-5-4-6-8-12/h4-8H,9-11H2,1-3H3. The molecule has 1 aliphatic rings. The monoisotopic (exact) mass is 260 g/mol. The molecule has 0 atom stereocenters. The van der Waals surface area contributed by atoms with Crippen LogP contribution < -0.4 is 4.90 Å². The smallest absolute Gasteiger partial charge is 0.292 e. The predicted molar refractivity (Wildman–Crippen MR) is 75.0 cm³/mol. The van der Waals surface area contributed by atoms with E-state index < -0.39 is 0 Å². The van der Waals surface area contributed by atoms with Crippen LogP contribution in [0.25, 0.3) is 0 Å². The fourth-order valence-corrected chi connectivity index (χ4v) is 2.16. The van der Waals surface area contributed by atoms with E-state index in [2.05, 4.69) is 0 Å². The predicted octanol–water partition coefficient (Wildman–Crippen LogP) is 2.89. The first-order valence-electron chi connectivity index (χ1n) is 6.55. The Morgan fingerprint density at radius 2 is 1.79 bits per heavy atom. The summed E-state index contributed by atoms with van der Waals surface area (Å²) in [6.07, 6.45) is 0.390. The Morgan fingerprint density at radius 1 is 1.16 bits per heavy atom. The molecule has 4 heteroatoms. The van der Waals surface area contributed by atoms with Gasteiger partial charge in [-0.1, -0.05) is 39.0 Å². The highest BCUT2D eigenvalue weighted by molar-refractivity contribution is 6.04. The number of urea groups is 1. The van der Waals surface area contributed by atoms with Crippen molar-refractivity contribution in [3.05, 3.63) is 30.3 Å². The van der Waals surface area contributed by atoms with Gasteiger partial charge in [0.2, 0.25) is 5.91 Å². The summed E-state index contributed by atoms with van der Waals surface area (Å²) >= 11 is 0. The Balaban J connectivity index is 2.08. The van der Waals surface area contributed by atoms with Crippen LogP contribution in [0.15, 0.2) is 30.3 Å². The number of rotatable bonds is 2. The molecule has 0 bridgehead atoms. The molecule has 4 nitrogen and oxygen atoms in total. The average molecular weight is 260 g/mol. The molecule has 2 rings (SSSR count). The summed E-state index contributed by atoms with van der Waals surface area (Å²) in [6, 6.07) is 9.25. The van der Waals surface area contributed by atoms with Gasteiger partial charge < -0.3 is 0 Å². The third kappa shape index (κ3) is 3.13. The van der Waals surface area contributed by atoms with Gasteiger partial charge in [0.05, 0.1) is 0 Å². The summed E-state index contributed by atoms with van der Waals surface area (Å²) in [5, 5.41) is 0. The first-order valence-corrected chi connectivity index (χ1v) is 6.55. The van der Waals surface area contributed by atoms with Crippen LogP contribution in [0.3, 0.4) is 0 Å². The van der Waals surface area contributed by atoms with E-state index in [0.29, 0.717) is 19.5 Å². The summed E-state index contributed by atoms with van der Waals surface area (Å²) in [4.78, 5) is 27.4. The molecule has 3 amide bonds. The van der Waals surface area contributed by atoms with Crippen molar-refractivity contribution in [2.45, 2.75) is 27.2 Å². The number of hydrogen-bond acceptors (Lipinski definition) is 2. The fourth-order valence-electron chi connectivity index (χ4n) is 2.16. The quantitative estimate of drug-likeness (QED) is 0.820. The Labute approximate surface area is 114 Å². The largest absolute Gasteiger partial charge is 0.331 e. The van der Waals surface area contributed by atoms with Crippen LogP contribution in [0.2, 0.25) is 0 Å². The SMILES string of the molecule is CC(C)(C)CC(=O)N1CCN(c2ccccc2)C1=O. The number of nitrogens with zero attached hydrogens (tertiary/aromatic N) is 2. The van der Waals surface area contributed by atoms with Crippen LogP contribution >= 0.6 is 0 Å². The van der Waals surface area contributed by atoms with Crippen LogP contribution in [-0.4, -0.2) is 29.9 Å². The van der Waals surface area contributed by atoms with Crippen molar-refractivity contribution in [1.29, 1.82) is 0 Å². The Kier molecular flexibility index (Phi) is 3.60. The highest BCUT2D eigenvalue weighted by Gasteiger charge is 2.35. The molecular formula is C15H20N2O2. The molecule has 0 N–H and O–H groups in total. The fraction of sp³-hybridized carbons (Fsp3) is 0.467. The minimum absolute atomic E-state index is 0.0871. The molecule has 1 aliphatic heterocycles. The molecule has 1 heterocycles. The molecular weight excluding hydrogens is 240 g/mol. The first kappa shape index (κ1) is 13.6. The number of benzene rings is 1. The van der Waals surface area contributed by atoms with E-state index >= 15 is 0 Å². The first-order chi connectivity index (χ1) is 8.88. The van der Waals surface area contributed by atoms with Gasteiger partial charge in [-0.05, 0) is 17.5 Å². The lowest BCUT2D eigenvalue weighted by Crippen LogP contribution is -2.37. The molecule has 0 aliphatic carbocycles. The van der Waals surface area contributed by atoms with Gasteiger partial charge in [0.25, 0.3) is 0 Å². The minimum Gasteiger partial charge on any atom is -0.292 e. The molecule has 1 fully saturated rings. The molecule has 1 saturated heterocycles. The second kappa shape index (κ2) is 5.03. The Bertz CT molecular complexity index is 477. The van der Waals surface area contributed by atoms with Gasteiger partial charge in [-0.3, -0.25) is 14.6 Å². The van der Waals surface area contributed by atoms with Crippen LogP contribution in [0, 0.1) is 5.41 Å². The zero-order valence-corrected chi connectivity index (χ0v) is 11.7. The van der Waals surface area contributed by atoms with E-state index in [0.717, 1.165) is 5.69 Å². The number of imide groups is 1. The molecule has 0 spiro atoms. The maximum atomic E-state index is 12.3. The summed E-state index contributed by atoms with van der Waals surface area (Å²) < 4.78 is 0. The van der Waals surface area contributed by atoms with Crippen LogP contribution in [0.5, 0.6) is 0 Å². The Hall–Kier alpha value is -1.84. The summed E-state index contributed by atoms with van der Waals surface area (Å²) in [7, 11) is 0. The van der Waals surface area contributed by atoms with Crippen molar-refractivity contribution in [1.82, 2.24) is 4.90 Å². The second-order valence-corrected chi connectivity index (χ2v) is 6.05. The van der Waals surface area contributed by atoms with Crippen LogP contribution in [-0.2, 0) is 4.79 Å². The van der Waals surface area contributed by atoms with Gasteiger partial charge in [-0.25, -0.2) is 4.79 Å². The molecule has 1 aromatic rings. The van der Waals surface area contributed by atoms with Crippen LogP contribution in [0.4, 0.5) is 10.5 Å². The highest BCUT2D eigenvalue weighted by Crippen LogP contribution is 2.24. The molecule has 102 valence electrons. The lowest BCUT2D eigenvalue weighted by atomic mass is 9.92. The third-order valence-electron chi connectivity index (χ3n) is 3.06. The maximum Gasteiger partial charge on any atom is 0.331 e. The molecule has 1 aromatic carbocycles. The molecule has 19 heavy (non-hydrogen) atoms. The molecule has 0 unspecified atom stereocenters. The van der Waals surface area contributed by atoms with Gasteiger partial charge in [0.15, 0.2) is 0 Å². The number of para-hydroxylation sites is 1. The van der Waals surface area contributed by atoms with Gasteiger partial charge in [0, 0.05) is 25.2 Å². The zero-order valence-electron chi connectivity index (χ0n) is 11.7. The van der Waals surface area contributed by atoms with E-state index in [1.165, 1.54) is 4.90 Å². The van der Waals surface area contributed by atoms with E-state index in [-0.39, 0.29) is 17.4 Å². The van der Waals surface area contributed by atoms with Crippen molar-refractivity contribution in [3.63, 3.8) is 0 Å². The van der Waals surface area contributed by atoms with Crippen molar-refractivity contribution in [2.75, 3.05) is 18.0 Å². The van der Waals surface area contributed by atoms with Crippen molar-refractivity contribution < 1.29 is 9.59 Å². The molecule has 0 saturated carbocycles. The van der Waals surface area contributed by atoms with Crippen LogP contribution in [0.1, 0.15) is 27.2 Å². The summed E-state index contributed by atoms with van der Waals surface area (Å²) in [5.74, 6) is -0.0871. The van der Waals surface area contributed by atoms with E-state index in [4.69, 9.17) is 0 Å². The highest BCUT2D eigenvalue weighted by atomic mass is 16.2. The summed E-state index contributed by atoms with van der Waals surface area (Å²) in [6.45, 7) is 7.04. The van der Waals surface area contributed by atoms with E-state index in [1.807, 2.05) is 51.1 Å². The second-order valence-electron chi connectivity index (χ2n) is 6.05. The summed E-state index contributed by atoms with van der Waals surface area (Å²) in [5.41, 5.74) is 0.746. The number of amides is 3. The number of hydrogen-bond donors (Lipinski definition) is 0. The molecule has 0 aromatic heterocycles. The Morgan fingerprint density at radius 3 is 2.37 bits per heavy atom.